The lowest BCUT2D eigenvalue weighted by Gasteiger charge is -2.31. The maximum Gasteiger partial charge on any atom is 0.250 e. The van der Waals surface area contributed by atoms with E-state index in [1.165, 1.54) is 0 Å². The summed E-state index contributed by atoms with van der Waals surface area (Å²) in [6, 6.07) is 11.8. The Morgan fingerprint density at radius 1 is 1.11 bits per heavy atom. The van der Waals surface area contributed by atoms with Gasteiger partial charge >= 0.3 is 0 Å². The van der Waals surface area contributed by atoms with Gasteiger partial charge in [-0.15, -0.1) is 0 Å². The van der Waals surface area contributed by atoms with Crippen LogP contribution in [0.5, 0.6) is 5.75 Å². The second-order valence-corrected chi connectivity index (χ2v) is 7.01. The van der Waals surface area contributed by atoms with Crippen molar-refractivity contribution in [1.82, 2.24) is 9.88 Å². The van der Waals surface area contributed by atoms with Crippen LogP contribution in [-0.2, 0) is 6.54 Å². The van der Waals surface area contributed by atoms with E-state index >= 15 is 0 Å². The molecule has 0 radical (unpaired) electrons. The number of piperidine rings is 1. The minimum atomic E-state index is -2.54. The molecule has 3 aromatic rings. The Hall–Kier alpha value is -2.47. The van der Waals surface area contributed by atoms with Crippen molar-refractivity contribution in [3.8, 4) is 17.2 Å². The third-order valence-electron chi connectivity index (χ3n) is 5.19. The molecule has 0 unspecified atom stereocenters. The number of fused-ring (bicyclic) bond motifs is 1. The third-order valence-corrected chi connectivity index (χ3v) is 5.19. The fourth-order valence-electron chi connectivity index (χ4n) is 3.58. The Kier molecular flexibility index (Phi) is 4.60. The van der Waals surface area contributed by atoms with Crippen molar-refractivity contribution in [2.24, 2.45) is 0 Å². The van der Waals surface area contributed by atoms with Crippen LogP contribution in [0.1, 0.15) is 24.3 Å². The molecule has 142 valence electrons. The molecule has 1 saturated heterocycles. The highest BCUT2D eigenvalue weighted by atomic mass is 19.3. The second kappa shape index (κ2) is 6.93. The normalized spacial score (nSPS) is 17.3. The van der Waals surface area contributed by atoms with Gasteiger partial charge in [-0.25, -0.2) is 13.8 Å². The first-order valence-electron chi connectivity index (χ1n) is 9.09. The lowest BCUT2D eigenvalue weighted by atomic mass is 10.0. The molecular formula is C21H22F2N2O2. The molecule has 0 spiro atoms. The molecule has 2 heterocycles. The number of rotatable bonds is 4. The molecule has 27 heavy (non-hydrogen) atoms. The van der Waals surface area contributed by atoms with E-state index < -0.39 is 5.92 Å². The maximum absolute atomic E-state index is 13.4. The molecular weight excluding hydrogens is 350 g/mol. The Labute approximate surface area is 156 Å². The largest absolute Gasteiger partial charge is 0.496 e. The predicted octanol–water partition coefficient (Wildman–Crippen LogP) is 5.04. The number of aryl methyl sites for hydroxylation is 1. The van der Waals surface area contributed by atoms with Crippen LogP contribution in [0.4, 0.5) is 8.78 Å². The summed E-state index contributed by atoms with van der Waals surface area (Å²) in [6.07, 6.45) is -0.195. The average Bonchev–Trinajstić information content (AvgIpc) is 3.02. The highest BCUT2D eigenvalue weighted by Gasteiger charge is 2.34. The number of nitrogens with zero attached hydrogens (tertiary/aromatic N) is 2. The van der Waals surface area contributed by atoms with E-state index in [2.05, 4.69) is 4.98 Å². The van der Waals surface area contributed by atoms with Crippen LogP contribution in [0.15, 0.2) is 40.8 Å². The van der Waals surface area contributed by atoms with Crippen LogP contribution in [-0.4, -0.2) is 36.0 Å². The van der Waals surface area contributed by atoms with Gasteiger partial charge in [-0.05, 0) is 24.4 Å². The monoisotopic (exact) mass is 372 g/mol. The summed E-state index contributed by atoms with van der Waals surface area (Å²) < 4.78 is 38.1. The van der Waals surface area contributed by atoms with E-state index in [4.69, 9.17) is 9.15 Å². The van der Waals surface area contributed by atoms with E-state index in [9.17, 15) is 8.78 Å². The van der Waals surface area contributed by atoms with E-state index in [0.717, 1.165) is 33.5 Å². The molecule has 1 aromatic heterocycles. The molecule has 1 aliphatic heterocycles. The Morgan fingerprint density at radius 3 is 2.52 bits per heavy atom. The zero-order valence-corrected chi connectivity index (χ0v) is 15.5. The zero-order valence-electron chi connectivity index (χ0n) is 15.5. The first-order chi connectivity index (χ1) is 13.0. The van der Waals surface area contributed by atoms with E-state index in [-0.39, 0.29) is 12.8 Å². The van der Waals surface area contributed by atoms with Crippen molar-refractivity contribution in [2.45, 2.75) is 32.2 Å². The molecule has 0 saturated carbocycles. The quantitative estimate of drug-likeness (QED) is 0.643. The number of aromatic nitrogens is 1. The molecule has 0 N–H and O–H groups in total. The van der Waals surface area contributed by atoms with E-state index in [1.54, 1.807) is 7.11 Å². The number of halogens is 2. The number of ether oxygens (including phenoxy) is 1. The molecule has 0 bridgehead atoms. The molecule has 6 heteroatoms. The van der Waals surface area contributed by atoms with Gasteiger partial charge in [0, 0.05) is 43.4 Å². The van der Waals surface area contributed by atoms with Crippen LogP contribution in [0.2, 0.25) is 0 Å². The van der Waals surface area contributed by atoms with Crippen LogP contribution in [0, 0.1) is 6.92 Å². The van der Waals surface area contributed by atoms with Crippen molar-refractivity contribution < 1.29 is 17.9 Å². The molecule has 0 aliphatic carbocycles. The number of benzene rings is 2. The van der Waals surface area contributed by atoms with Gasteiger partial charge in [-0.2, -0.15) is 0 Å². The Balaban J connectivity index is 1.63. The molecule has 0 atom stereocenters. The predicted molar refractivity (Wildman–Crippen MR) is 100 cm³/mol. The molecule has 1 fully saturated rings. The fourth-order valence-corrected chi connectivity index (χ4v) is 3.58. The number of methoxy groups -OCH3 is 1. The summed E-state index contributed by atoms with van der Waals surface area (Å²) in [7, 11) is 1.65. The molecule has 1 aliphatic rings. The zero-order chi connectivity index (χ0) is 19.0. The van der Waals surface area contributed by atoms with Gasteiger partial charge in [0.1, 0.15) is 11.5 Å². The van der Waals surface area contributed by atoms with Crippen LogP contribution < -0.4 is 4.74 Å². The minimum absolute atomic E-state index is 0.0973. The highest BCUT2D eigenvalue weighted by Crippen LogP contribution is 2.35. The van der Waals surface area contributed by atoms with Gasteiger partial charge in [0.05, 0.1) is 12.8 Å². The summed E-state index contributed by atoms with van der Waals surface area (Å²) >= 11 is 0. The minimum Gasteiger partial charge on any atom is -0.496 e. The number of alkyl halides is 2. The van der Waals surface area contributed by atoms with E-state index in [1.807, 2.05) is 48.2 Å². The number of likely N-dealkylation sites (tertiary alicyclic amines) is 1. The van der Waals surface area contributed by atoms with Gasteiger partial charge in [0.2, 0.25) is 5.89 Å². The van der Waals surface area contributed by atoms with Gasteiger partial charge in [0.15, 0.2) is 0 Å². The van der Waals surface area contributed by atoms with Gasteiger partial charge in [-0.3, -0.25) is 4.90 Å². The van der Waals surface area contributed by atoms with Gasteiger partial charge < -0.3 is 9.15 Å². The standard InChI is InChI=1S/C21H22F2N2O2/c1-14-18(13-25-11-9-21(22,23)10-12-25)24-20(27-14)17-7-8-19(26-2)16-6-4-3-5-15(16)17/h3-8H,9-13H2,1-2H3. The first-order valence-corrected chi connectivity index (χ1v) is 9.09. The SMILES string of the molecule is COc1ccc(-c2nc(CN3CCC(F)(F)CC3)c(C)o2)c2ccccc12. The van der Waals surface area contributed by atoms with Crippen LogP contribution in [0.25, 0.3) is 22.2 Å². The smallest absolute Gasteiger partial charge is 0.250 e. The summed E-state index contributed by atoms with van der Waals surface area (Å²) in [6.45, 7) is 3.15. The van der Waals surface area contributed by atoms with Crippen molar-refractivity contribution in [3.63, 3.8) is 0 Å². The summed E-state index contributed by atoms with van der Waals surface area (Å²) in [5.74, 6) is -0.472. The van der Waals surface area contributed by atoms with Crippen molar-refractivity contribution in [2.75, 3.05) is 20.2 Å². The number of hydrogen-bond donors (Lipinski definition) is 0. The van der Waals surface area contributed by atoms with Gasteiger partial charge in [-0.1, -0.05) is 24.3 Å². The van der Waals surface area contributed by atoms with E-state index in [0.29, 0.717) is 25.5 Å². The van der Waals surface area contributed by atoms with Crippen LogP contribution >= 0.6 is 0 Å². The molecule has 0 amide bonds. The summed E-state index contributed by atoms with van der Waals surface area (Å²) in [5, 5.41) is 2.00. The lowest BCUT2D eigenvalue weighted by molar-refractivity contribution is -0.0568. The first kappa shape index (κ1) is 17.9. The molecule has 4 rings (SSSR count). The van der Waals surface area contributed by atoms with Gasteiger partial charge in [0.25, 0.3) is 5.92 Å². The molecule has 2 aromatic carbocycles. The summed E-state index contributed by atoms with van der Waals surface area (Å²) in [4.78, 5) is 6.69. The fraction of sp³-hybridized carbons (Fsp3) is 0.381. The summed E-state index contributed by atoms with van der Waals surface area (Å²) in [5.41, 5.74) is 1.70. The Morgan fingerprint density at radius 2 is 1.81 bits per heavy atom. The van der Waals surface area contributed by atoms with Crippen molar-refractivity contribution >= 4 is 10.8 Å². The highest BCUT2D eigenvalue weighted by molar-refractivity contribution is 5.98. The Bertz CT molecular complexity index is 958. The topological polar surface area (TPSA) is 38.5 Å². The lowest BCUT2D eigenvalue weighted by Crippen LogP contribution is -2.39. The van der Waals surface area contributed by atoms with Crippen molar-refractivity contribution in [3.05, 3.63) is 47.9 Å². The number of hydrogen-bond acceptors (Lipinski definition) is 4. The molecule has 4 nitrogen and oxygen atoms in total. The second-order valence-electron chi connectivity index (χ2n) is 7.01. The average molecular weight is 372 g/mol. The van der Waals surface area contributed by atoms with Crippen molar-refractivity contribution in [1.29, 1.82) is 0 Å². The third kappa shape index (κ3) is 3.54. The van der Waals surface area contributed by atoms with Crippen LogP contribution in [0.3, 0.4) is 0 Å². The maximum atomic E-state index is 13.4. The number of oxazole rings is 1.